The van der Waals surface area contributed by atoms with Crippen LogP contribution in [0.25, 0.3) is 0 Å². The maximum Gasteiger partial charge on any atom is 0.119 e. The van der Waals surface area contributed by atoms with Gasteiger partial charge in [-0.15, -0.1) is 0 Å². The summed E-state index contributed by atoms with van der Waals surface area (Å²) in [7, 11) is 1.73. The zero-order chi connectivity index (χ0) is 11.3. The molecule has 0 aromatic heterocycles. The largest absolute Gasteiger partial charge is 0.497 e. The van der Waals surface area contributed by atoms with E-state index in [2.05, 4.69) is 45.9 Å². The monoisotopic (exact) mass is 204 g/mol. The summed E-state index contributed by atoms with van der Waals surface area (Å²) >= 11 is 0. The molecule has 0 fully saturated rings. The van der Waals surface area contributed by atoms with Crippen LogP contribution in [-0.4, -0.2) is 7.11 Å². The van der Waals surface area contributed by atoms with Gasteiger partial charge in [0.25, 0.3) is 0 Å². The first-order chi connectivity index (χ1) is 6.87. The van der Waals surface area contributed by atoms with Crippen molar-refractivity contribution in [1.82, 2.24) is 0 Å². The van der Waals surface area contributed by atoms with Crippen molar-refractivity contribution >= 4 is 0 Å². The third-order valence-corrected chi connectivity index (χ3v) is 3.57. The minimum absolute atomic E-state index is 0.271. The van der Waals surface area contributed by atoms with Gasteiger partial charge in [-0.25, -0.2) is 0 Å². The van der Waals surface area contributed by atoms with Crippen LogP contribution in [0.3, 0.4) is 0 Å². The maximum atomic E-state index is 5.30. The van der Waals surface area contributed by atoms with Crippen molar-refractivity contribution in [3.05, 3.63) is 29.3 Å². The molecule has 1 aliphatic carbocycles. The van der Waals surface area contributed by atoms with Crippen molar-refractivity contribution in [2.24, 2.45) is 0 Å². The van der Waals surface area contributed by atoms with Gasteiger partial charge in [0.2, 0.25) is 0 Å². The minimum atomic E-state index is 0.271. The molecule has 1 aliphatic rings. The summed E-state index contributed by atoms with van der Waals surface area (Å²) in [5.41, 5.74) is 3.50. The van der Waals surface area contributed by atoms with E-state index in [0.717, 1.165) is 5.75 Å². The lowest BCUT2D eigenvalue weighted by atomic mass is 9.82. The average molecular weight is 204 g/mol. The van der Waals surface area contributed by atoms with Gasteiger partial charge in [-0.05, 0) is 40.5 Å². The Bertz CT molecular complexity index is 388. The Morgan fingerprint density at radius 3 is 2.20 bits per heavy atom. The molecule has 0 saturated carbocycles. The van der Waals surface area contributed by atoms with E-state index in [0.29, 0.717) is 5.41 Å². The zero-order valence-electron chi connectivity index (χ0n) is 10.3. The van der Waals surface area contributed by atoms with E-state index in [-0.39, 0.29) is 5.41 Å². The lowest BCUT2D eigenvalue weighted by Crippen LogP contribution is -2.17. The molecule has 0 amide bonds. The van der Waals surface area contributed by atoms with E-state index in [9.17, 15) is 0 Å². The van der Waals surface area contributed by atoms with Gasteiger partial charge < -0.3 is 4.74 Å². The molecular weight excluding hydrogens is 184 g/mol. The number of fused-ring (bicyclic) bond motifs is 1. The van der Waals surface area contributed by atoms with Gasteiger partial charge in [-0.1, -0.05) is 33.8 Å². The fourth-order valence-corrected chi connectivity index (χ4v) is 3.10. The van der Waals surface area contributed by atoms with Crippen molar-refractivity contribution in [3.63, 3.8) is 0 Å². The van der Waals surface area contributed by atoms with Crippen LogP contribution in [-0.2, 0) is 10.8 Å². The molecule has 0 heterocycles. The van der Waals surface area contributed by atoms with Crippen LogP contribution in [0, 0.1) is 0 Å². The van der Waals surface area contributed by atoms with Crippen molar-refractivity contribution in [2.75, 3.05) is 7.11 Å². The number of methoxy groups -OCH3 is 1. The molecule has 0 aliphatic heterocycles. The highest BCUT2D eigenvalue weighted by Crippen LogP contribution is 2.49. The fourth-order valence-electron chi connectivity index (χ4n) is 3.10. The number of ether oxygens (including phenoxy) is 1. The summed E-state index contributed by atoms with van der Waals surface area (Å²) in [5.74, 6) is 0.972. The van der Waals surface area contributed by atoms with Crippen LogP contribution < -0.4 is 4.74 Å². The summed E-state index contributed by atoms with van der Waals surface area (Å²) in [5, 5.41) is 0. The van der Waals surface area contributed by atoms with Gasteiger partial charge in [0.05, 0.1) is 7.11 Å². The molecule has 0 atom stereocenters. The smallest absolute Gasteiger partial charge is 0.119 e. The summed E-state index contributed by atoms with van der Waals surface area (Å²) in [6.07, 6.45) is 1.21. The Balaban J connectivity index is 2.60. The van der Waals surface area contributed by atoms with E-state index in [1.165, 1.54) is 17.5 Å². The Labute approximate surface area is 92.5 Å². The van der Waals surface area contributed by atoms with Gasteiger partial charge in [0.1, 0.15) is 5.75 Å². The molecule has 15 heavy (non-hydrogen) atoms. The molecule has 1 nitrogen and oxygen atoms in total. The molecule has 0 spiro atoms. The van der Waals surface area contributed by atoms with E-state index in [1.807, 2.05) is 0 Å². The second kappa shape index (κ2) is 3.01. The standard InChI is InChI=1S/C14H20O/c1-13(2)9-14(3,4)12-8-10(15-5)6-7-11(12)13/h6-8H,9H2,1-5H3. The van der Waals surface area contributed by atoms with Gasteiger partial charge in [-0.3, -0.25) is 0 Å². The first-order valence-corrected chi connectivity index (χ1v) is 5.56. The first kappa shape index (κ1) is 10.5. The summed E-state index contributed by atoms with van der Waals surface area (Å²) in [6.45, 7) is 9.29. The predicted octanol–water partition coefficient (Wildman–Crippen LogP) is 3.65. The highest BCUT2D eigenvalue weighted by Gasteiger charge is 2.41. The molecule has 82 valence electrons. The molecule has 0 saturated heterocycles. The van der Waals surface area contributed by atoms with E-state index in [4.69, 9.17) is 4.74 Å². The molecule has 1 heteroatoms. The molecule has 2 rings (SSSR count). The molecule has 0 unspecified atom stereocenters. The molecular formula is C14H20O. The van der Waals surface area contributed by atoms with E-state index in [1.54, 1.807) is 7.11 Å². The number of benzene rings is 1. The first-order valence-electron chi connectivity index (χ1n) is 5.56. The van der Waals surface area contributed by atoms with Gasteiger partial charge in [0, 0.05) is 0 Å². The Kier molecular flexibility index (Phi) is 2.11. The number of hydrogen-bond acceptors (Lipinski definition) is 1. The highest BCUT2D eigenvalue weighted by atomic mass is 16.5. The topological polar surface area (TPSA) is 9.23 Å². The third kappa shape index (κ3) is 1.54. The lowest BCUT2D eigenvalue weighted by Gasteiger charge is -2.22. The number of rotatable bonds is 1. The SMILES string of the molecule is COc1ccc2c(c1)C(C)(C)CC2(C)C. The molecule has 1 aromatic rings. The van der Waals surface area contributed by atoms with Crippen LogP contribution in [0.4, 0.5) is 0 Å². The van der Waals surface area contributed by atoms with Crippen molar-refractivity contribution < 1.29 is 4.74 Å². The van der Waals surface area contributed by atoms with Gasteiger partial charge in [0.15, 0.2) is 0 Å². The van der Waals surface area contributed by atoms with Crippen LogP contribution in [0.1, 0.15) is 45.2 Å². The normalized spacial score (nSPS) is 21.1. The fraction of sp³-hybridized carbons (Fsp3) is 0.571. The lowest BCUT2D eigenvalue weighted by molar-refractivity contribution is 0.400. The predicted molar refractivity (Wildman–Crippen MR) is 63.7 cm³/mol. The van der Waals surface area contributed by atoms with Crippen molar-refractivity contribution in [3.8, 4) is 5.75 Å². The molecule has 0 N–H and O–H groups in total. The number of hydrogen-bond donors (Lipinski definition) is 0. The van der Waals surface area contributed by atoms with E-state index < -0.39 is 0 Å². The second-order valence-corrected chi connectivity index (χ2v) is 5.86. The maximum absolute atomic E-state index is 5.30. The van der Waals surface area contributed by atoms with Gasteiger partial charge in [-0.2, -0.15) is 0 Å². The summed E-state index contributed by atoms with van der Waals surface area (Å²) < 4.78 is 5.30. The molecule has 0 bridgehead atoms. The van der Waals surface area contributed by atoms with Crippen LogP contribution in [0.2, 0.25) is 0 Å². The Morgan fingerprint density at radius 2 is 1.60 bits per heavy atom. The summed E-state index contributed by atoms with van der Waals surface area (Å²) in [4.78, 5) is 0. The zero-order valence-corrected chi connectivity index (χ0v) is 10.3. The van der Waals surface area contributed by atoms with Gasteiger partial charge >= 0.3 is 0 Å². The van der Waals surface area contributed by atoms with Crippen molar-refractivity contribution in [1.29, 1.82) is 0 Å². The molecule has 1 aromatic carbocycles. The Hall–Kier alpha value is -0.980. The van der Waals surface area contributed by atoms with Crippen LogP contribution >= 0.6 is 0 Å². The average Bonchev–Trinajstić information content (AvgIpc) is 2.32. The van der Waals surface area contributed by atoms with E-state index >= 15 is 0 Å². The van der Waals surface area contributed by atoms with Crippen LogP contribution in [0.5, 0.6) is 5.75 Å². The van der Waals surface area contributed by atoms with Crippen molar-refractivity contribution in [2.45, 2.75) is 44.9 Å². The third-order valence-electron chi connectivity index (χ3n) is 3.57. The highest BCUT2D eigenvalue weighted by molar-refractivity contribution is 5.48. The van der Waals surface area contributed by atoms with Crippen LogP contribution in [0.15, 0.2) is 18.2 Å². The quantitative estimate of drug-likeness (QED) is 0.678. The Morgan fingerprint density at radius 1 is 1.00 bits per heavy atom. The second-order valence-electron chi connectivity index (χ2n) is 5.86. The molecule has 0 radical (unpaired) electrons. The summed E-state index contributed by atoms with van der Waals surface area (Å²) in [6, 6.07) is 6.50. The minimum Gasteiger partial charge on any atom is -0.497 e.